The van der Waals surface area contributed by atoms with Crippen molar-refractivity contribution in [2.75, 3.05) is 12.0 Å². The van der Waals surface area contributed by atoms with Crippen LogP contribution in [0, 0.1) is 5.82 Å². The molecule has 0 spiro atoms. The second kappa shape index (κ2) is 7.36. The first-order valence-electron chi connectivity index (χ1n) is 9.05. The predicted octanol–water partition coefficient (Wildman–Crippen LogP) is 6.19. The van der Waals surface area contributed by atoms with Gasteiger partial charge in [-0.25, -0.2) is 4.39 Å². The van der Waals surface area contributed by atoms with Gasteiger partial charge in [0.1, 0.15) is 11.6 Å². The van der Waals surface area contributed by atoms with Gasteiger partial charge in [-0.3, -0.25) is 4.79 Å². The third-order valence-corrected chi connectivity index (χ3v) is 6.08. The van der Waals surface area contributed by atoms with Crippen LogP contribution in [0.15, 0.2) is 66.7 Å². The number of carbonyl (C=O) groups excluding carboxylic acids is 1. The first-order valence-corrected chi connectivity index (χ1v) is 9.80. The molecule has 0 N–H and O–H groups in total. The van der Waals surface area contributed by atoms with E-state index in [9.17, 15) is 9.18 Å². The quantitative estimate of drug-likeness (QED) is 0.462. The van der Waals surface area contributed by atoms with Crippen molar-refractivity contribution in [1.82, 2.24) is 0 Å². The Bertz CT molecular complexity index is 1070. The van der Waals surface area contributed by atoms with Gasteiger partial charge in [-0.05, 0) is 66.6 Å². The van der Waals surface area contributed by atoms with Crippen LogP contribution in [0.25, 0.3) is 0 Å². The minimum absolute atomic E-state index is 0.0270. The summed E-state index contributed by atoms with van der Waals surface area (Å²) in [6.07, 6.45) is 0. The van der Waals surface area contributed by atoms with Crippen LogP contribution in [0.1, 0.15) is 24.1 Å². The molecule has 0 aliphatic carbocycles. The fourth-order valence-corrected chi connectivity index (χ4v) is 4.16. The van der Waals surface area contributed by atoms with Gasteiger partial charge in [-0.1, -0.05) is 41.4 Å². The Labute approximate surface area is 178 Å². The standard InChI is InChI=1S/C23H18Cl2FNO2/c1-23(15-5-12-19(25)20(26)13-15)21(14-3-6-16(24)7-4-14)27(22(23)28)17-8-10-18(29-2)11-9-17/h3-13,21H,1-2H3. The Morgan fingerprint density at radius 3 is 2.24 bits per heavy atom. The van der Waals surface area contributed by atoms with Crippen LogP contribution in [0.3, 0.4) is 0 Å². The van der Waals surface area contributed by atoms with Crippen molar-refractivity contribution in [3.63, 3.8) is 0 Å². The number of hydrogen-bond acceptors (Lipinski definition) is 2. The van der Waals surface area contributed by atoms with Gasteiger partial charge >= 0.3 is 0 Å². The van der Waals surface area contributed by atoms with Crippen molar-refractivity contribution in [1.29, 1.82) is 0 Å². The second-order valence-corrected chi connectivity index (χ2v) is 8.00. The zero-order valence-corrected chi connectivity index (χ0v) is 17.3. The highest BCUT2D eigenvalue weighted by molar-refractivity contribution is 6.31. The second-order valence-electron chi connectivity index (χ2n) is 7.16. The molecule has 0 bridgehead atoms. The third kappa shape index (κ3) is 3.17. The van der Waals surface area contributed by atoms with Crippen LogP contribution in [-0.4, -0.2) is 13.0 Å². The minimum Gasteiger partial charge on any atom is -0.497 e. The van der Waals surface area contributed by atoms with Crippen LogP contribution in [0.5, 0.6) is 5.75 Å². The number of rotatable bonds is 4. The molecule has 2 unspecified atom stereocenters. The summed E-state index contributed by atoms with van der Waals surface area (Å²) in [6, 6.07) is 18.8. The lowest BCUT2D eigenvalue weighted by Crippen LogP contribution is -2.65. The first kappa shape index (κ1) is 19.7. The van der Waals surface area contributed by atoms with Crippen LogP contribution in [-0.2, 0) is 10.2 Å². The third-order valence-electron chi connectivity index (χ3n) is 5.52. The highest BCUT2D eigenvalue weighted by Crippen LogP contribution is 2.53. The highest BCUT2D eigenvalue weighted by atomic mass is 35.5. The fraction of sp³-hybridized carbons (Fsp3) is 0.174. The molecule has 0 aromatic heterocycles. The van der Waals surface area contributed by atoms with E-state index in [1.165, 1.54) is 12.1 Å². The van der Waals surface area contributed by atoms with Crippen LogP contribution >= 0.6 is 23.2 Å². The van der Waals surface area contributed by atoms with Gasteiger partial charge in [0, 0.05) is 10.7 Å². The zero-order chi connectivity index (χ0) is 20.8. The Kier molecular flexibility index (Phi) is 5.01. The molecule has 1 fully saturated rings. The molecule has 0 saturated carbocycles. The van der Waals surface area contributed by atoms with E-state index in [0.29, 0.717) is 16.3 Å². The summed E-state index contributed by atoms with van der Waals surface area (Å²) in [5.41, 5.74) is 1.28. The largest absolute Gasteiger partial charge is 0.497 e. The van der Waals surface area contributed by atoms with Crippen molar-refractivity contribution in [3.05, 3.63) is 93.7 Å². The summed E-state index contributed by atoms with van der Waals surface area (Å²) < 4.78 is 19.4. The molecule has 4 rings (SSSR count). The van der Waals surface area contributed by atoms with Gasteiger partial charge < -0.3 is 9.64 Å². The van der Waals surface area contributed by atoms with E-state index in [4.69, 9.17) is 27.9 Å². The summed E-state index contributed by atoms with van der Waals surface area (Å²) in [6.45, 7) is 1.83. The van der Waals surface area contributed by atoms with E-state index in [1.54, 1.807) is 42.3 Å². The molecule has 1 amide bonds. The number of halogens is 3. The topological polar surface area (TPSA) is 29.5 Å². The number of benzene rings is 3. The van der Waals surface area contributed by atoms with Gasteiger partial charge in [-0.15, -0.1) is 0 Å². The number of nitrogens with zero attached hydrogens (tertiary/aromatic N) is 1. The summed E-state index contributed by atoms with van der Waals surface area (Å²) in [5, 5.41) is 0.633. The molecule has 3 aromatic carbocycles. The summed E-state index contributed by atoms with van der Waals surface area (Å²) in [7, 11) is 1.59. The van der Waals surface area contributed by atoms with Crippen LogP contribution in [0.4, 0.5) is 10.1 Å². The molecule has 6 heteroatoms. The lowest BCUT2D eigenvalue weighted by Gasteiger charge is -2.55. The molecule has 1 aliphatic rings. The van der Waals surface area contributed by atoms with Crippen LogP contribution in [0.2, 0.25) is 10.0 Å². The number of carbonyl (C=O) groups is 1. The van der Waals surface area contributed by atoms with E-state index in [2.05, 4.69) is 0 Å². The summed E-state index contributed by atoms with van der Waals surface area (Å²) in [4.78, 5) is 15.1. The number of β-lactam (4-membered cyclic amide) rings is 1. The molecular formula is C23H18Cl2FNO2. The molecule has 1 saturated heterocycles. The Balaban J connectivity index is 1.83. The zero-order valence-electron chi connectivity index (χ0n) is 15.8. The maximum Gasteiger partial charge on any atom is 0.240 e. The number of anilines is 1. The smallest absolute Gasteiger partial charge is 0.240 e. The van der Waals surface area contributed by atoms with Crippen molar-refractivity contribution in [3.8, 4) is 5.75 Å². The average molecular weight is 430 g/mol. The van der Waals surface area contributed by atoms with Crippen LogP contribution < -0.4 is 9.64 Å². The molecular weight excluding hydrogens is 412 g/mol. The molecule has 0 radical (unpaired) electrons. The Morgan fingerprint density at radius 1 is 1.00 bits per heavy atom. The molecule has 3 nitrogen and oxygen atoms in total. The van der Waals surface area contributed by atoms with Gasteiger partial charge in [0.05, 0.1) is 23.6 Å². The Morgan fingerprint density at radius 2 is 1.66 bits per heavy atom. The summed E-state index contributed by atoms with van der Waals surface area (Å²) >= 11 is 11.9. The number of hydrogen-bond donors (Lipinski definition) is 0. The average Bonchev–Trinajstić information content (AvgIpc) is 2.74. The normalized spacial score (nSPS) is 21.1. The van der Waals surface area contributed by atoms with Crippen molar-refractivity contribution < 1.29 is 13.9 Å². The van der Waals surface area contributed by atoms with E-state index in [0.717, 1.165) is 11.3 Å². The maximum absolute atomic E-state index is 14.2. The fourth-order valence-electron chi connectivity index (χ4n) is 3.91. The number of methoxy groups -OCH3 is 1. The number of ether oxygens (including phenoxy) is 1. The molecule has 2 atom stereocenters. The lowest BCUT2D eigenvalue weighted by atomic mass is 9.64. The molecule has 1 aliphatic heterocycles. The van der Waals surface area contributed by atoms with Gasteiger partial charge in [0.2, 0.25) is 5.91 Å². The minimum atomic E-state index is -0.945. The molecule has 1 heterocycles. The van der Waals surface area contributed by atoms with Crippen molar-refractivity contribution in [2.24, 2.45) is 0 Å². The monoisotopic (exact) mass is 429 g/mol. The van der Waals surface area contributed by atoms with Gasteiger partial charge in [0.25, 0.3) is 0 Å². The van der Waals surface area contributed by atoms with E-state index >= 15 is 0 Å². The van der Waals surface area contributed by atoms with E-state index in [-0.39, 0.29) is 17.0 Å². The van der Waals surface area contributed by atoms with Gasteiger partial charge in [0.15, 0.2) is 0 Å². The van der Waals surface area contributed by atoms with E-state index in [1.807, 2.05) is 31.2 Å². The first-order chi connectivity index (χ1) is 13.9. The number of amides is 1. The summed E-state index contributed by atoms with van der Waals surface area (Å²) in [5.74, 6) is 0.0348. The SMILES string of the molecule is COc1ccc(N2C(=O)C(C)(c3ccc(Cl)c(F)c3)C2c2ccc(Cl)cc2)cc1. The lowest BCUT2D eigenvalue weighted by molar-refractivity contribution is -0.132. The highest BCUT2D eigenvalue weighted by Gasteiger charge is 2.59. The Hall–Kier alpha value is -2.56. The van der Waals surface area contributed by atoms with E-state index < -0.39 is 11.2 Å². The maximum atomic E-state index is 14.2. The van der Waals surface area contributed by atoms with Gasteiger partial charge in [-0.2, -0.15) is 0 Å². The van der Waals surface area contributed by atoms with Crippen molar-refractivity contribution in [2.45, 2.75) is 18.4 Å². The van der Waals surface area contributed by atoms with Crippen molar-refractivity contribution >= 4 is 34.8 Å². The molecule has 3 aromatic rings. The predicted molar refractivity (Wildman–Crippen MR) is 113 cm³/mol. The molecule has 29 heavy (non-hydrogen) atoms. The molecule has 148 valence electrons.